The lowest BCUT2D eigenvalue weighted by Crippen LogP contribution is -2.02. The molecule has 0 amide bonds. The molecule has 2 aromatic heterocycles. The summed E-state index contributed by atoms with van der Waals surface area (Å²) in [5.41, 5.74) is 3.55. The molecule has 4 aromatic rings. The van der Waals surface area contributed by atoms with Gasteiger partial charge in [-0.25, -0.2) is 9.78 Å². The van der Waals surface area contributed by atoms with Gasteiger partial charge >= 0.3 is 5.63 Å². The minimum atomic E-state index is -0.438. The Hall–Kier alpha value is -3.49. The Morgan fingerprint density at radius 3 is 2.74 bits per heavy atom. The Morgan fingerprint density at radius 2 is 1.96 bits per heavy atom. The summed E-state index contributed by atoms with van der Waals surface area (Å²) in [7, 11) is 0. The molecule has 0 aliphatic rings. The second-order valence-corrected chi connectivity index (χ2v) is 6.96. The van der Waals surface area contributed by atoms with Crippen molar-refractivity contribution < 1.29 is 4.42 Å². The average Bonchev–Trinajstić information content (AvgIpc) is 3.16. The van der Waals surface area contributed by atoms with E-state index in [1.165, 1.54) is 11.3 Å². The molecular weight excluding hydrogens is 356 g/mol. The standard InChI is InChI=1S/C22H14N2O2S/c1-14-6-8-15(9-7-14)10-17(12-23)21-24-19(13-27-21)18-11-16-4-2-3-5-20(16)26-22(18)25/h2-11,13H,1H3/b17-10+. The van der Waals surface area contributed by atoms with E-state index < -0.39 is 5.63 Å². The molecule has 0 unspecified atom stereocenters. The SMILES string of the molecule is Cc1ccc(/C=C(\C#N)c2nc(-c3cc4ccccc4oc3=O)cs2)cc1. The molecule has 4 nitrogen and oxygen atoms in total. The minimum absolute atomic E-state index is 0.392. The normalized spacial score (nSPS) is 11.5. The van der Waals surface area contributed by atoms with Gasteiger partial charge in [0.25, 0.3) is 0 Å². The van der Waals surface area contributed by atoms with Crippen molar-refractivity contribution in [1.82, 2.24) is 4.98 Å². The summed E-state index contributed by atoms with van der Waals surface area (Å²) in [5, 5.41) is 12.7. The van der Waals surface area contributed by atoms with Crippen LogP contribution in [0.4, 0.5) is 0 Å². The van der Waals surface area contributed by atoms with Gasteiger partial charge in [-0.2, -0.15) is 5.26 Å². The molecule has 5 heteroatoms. The van der Waals surface area contributed by atoms with Gasteiger partial charge in [-0.3, -0.25) is 0 Å². The number of benzene rings is 2. The van der Waals surface area contributed by atoms with Crippen molar-refractivity contribution >= 4 is 34.0 Å². The molecule has 27 heavy (non-hydrogen) atoms. The van der Waals surface area contributed by atoms with Crippen LogP contribution in [0.2, 0.25) is 0 Å². The zero-order chi connectivity index (χ0) is 18.8. The van der Waals surface area contributed by atoms with Crippen LogP contribution < -0.4 is 5.63 Å². The van der Waals surface area contributed by atoms with E-state index in [2.05, 4.69) is 11.1 Å². The van der Waals surface area contributed by atoms with E-state index in [0.717, 1.165) is 16.5 Å². The summed E-state index contributed by atoms with van der Waals surface area (Å²) in [6.45, 7) is 2.01. The number of nitrogens with zero attached hydrogens (tertiary/aromatic N) is 2. The summed E-state index contributed by atoms with van der Waals surface area (Å²) in [4.78, 5) is 16.8. The highest BCUT2D eigenvalue weighted by Crippen LogP contribution is 2.27. The first kappa shape index (κ1) is 17.0. The summed E-state index contributed by atoms with van der Waals surface area (Å²) in [6.07, 6.45) is 1.80. The van der Waals surface area contributed by atoms with Gasteiger partial charge in [-0.1, -0.05) is 48.0 Å². The Balaban J connectivity index is 1.75. The fourth-order valence-electron chi connectivity index (χ4n) is 2.73. The molecule has 0 atom stereocenters. The van der Waals surface area contributed by atoms with E-state index >= 15 is 0 Å². The van der Waals surface area contributed by atoms with E-state index in [9.17, 15) is 10.1 Å². The Labute approximate surface area is 159 Å². The molecule has 0 aliphatic heterocycles. The van der Waals surface area contributed by atoms with Crippen molar-refractivity contribution in [2.75, 3.05) is 0 Å². The van der Waals surface area contributed by atoms with Gasteiger partial charge in [-0.15, -0.1) is 11.3 Å². The van der Waals surface area contributed by atoms with Gasteiger partial charge < -0.3 is 4.42 Å². The number of hydrogen-bond acceptors (Lipinski definition) is 5. The van der Waals surface area contributed by atoms with Crippen molar-refractivity contribution in [2.45, 2.75) is 6.92 Å². The quantitative estimate of drug-likeness (QED) is 0.363. The molecule has 2 heterocycles. The monoisotopic (exact) mass is 370 g/mol. The van der Waals surface area contributed by atoms with Crippen LogP contribution >= 0.6 is 11.3 Å². The molecule has 0 fully saturated rings. The Bertz CT molecular complexity index is 1260. The van der Waals surface area contributed by atoms with Crippen LogP contribution in [-0.2, 0) is 0 Å². The number of thiazole rings is 1. The topological polar surface area (TPSA) is 66.9 Å². The lowest BCUT2D eigenvalue weighted by Gasteiger charge is -1.99. The number of aromatic nitrogens is 1. The first-order valence-electron chi connectivity index (χ1n) is 8.32. The van der Waals surface area contributed by atoms with Crippen LogP contribution in [0.15, 0.2) is 69.2 Å². The highest BCUT2D eigenvalue weighted by molar-refractivity contribution is 7.11. The molecule has 0 spiro atoms. The molecule has 2 aromatic carbocycles. The summed E-state index contributed by atoms with van der Waals surface area (Å²) in [5.74, 6) is 0. The first-order valence-corrected chi connectivity index (χ1v) is 9.19. The van der Waals surface area contributed by atoms with E-state index in [0.29, 0.717) is 27.4 Å². The predicted molar refractivity (Wildman–Crippen MR) is 108 cm³/mol. The number of hydrogen-bond donors (Lipinski definition) is 0. The lowest BCUT2D eigenvalue weighted by atomic mass is 10.1. The summed E-state index contributed by atoms with van der Waals surface area (Å²) >= 11 is 1.33. The molecule has 4 rings (SSSR count). The lowest BCUT2D eigenvalue weighted by molar-refractivity contribution is 0.563. The molecule has 0 bridgehead atoms. The second-order valence-electron chi connectivity index (χ2n) is 6.10. The fraction of sp³-hybridized carbons (Fsp3) is 0.0455. The smallest absolute Gasteiger partial charge is 0.345 e. The van der Waals surface area contributed by atoms with Gasteiger partial charge in [0.1, 0.15) is 16.7 Å². The van der Waals surface area contributed by atoms with Crippen molar-refractivity contribution in [1.29, 1.82) is 5.26 Å². The van der Waals surface area contributed by atoms with Gasteiger partial charge in [0.15, 0.2) is 0 Å². The largest absolute Gasteiger partial charge is 0.422 e. The molecule has 0 radical (unpaired) electrons. The fourth-order valence-corrected chi connectivity index (χ4v) is 3.52. The first-order chi connectivity index (χ1) is 13.1. The van der Waals surface area contributed by atoms with Crippen molar-refractivity contribution in [2.24, 2.45) is 0 Å². The maximum absolute atomic E-state index is 12.3. The van der Waals surface area contributed by atoms with E-state index in [1.807, 2.05) is 49.4 Å². The van der Waals surface area contributed by atoms with Crippen LogP contribution in [0.1, 0.15) is 16.1 Å². The minimum Gasteiger partial charge on any atom is -0.422 e. The number of rotatable bonds is 3. The zero-order valence-electron chi connectivity index (χ0n) is 14.5. The van der Waals surface area contributed by atoms with E-state index in [-0.39, 0.29) is 0 Å². The highest BCUT2D eigenvalue weighted by atomic mass is 32.1. The van der Waals surface area contributed by atoms with E-state index in [1.54, 1.807) is 23.6 Å². The molecule has 130 valence electrons. The molecular formula is C22H14N2O2S. The highest BCUT2D eigenvalue weighted by Gasteiger charge is 2.13. The van der Waals surface area contributed by atoms with Crippen LogP contribution in [0.3, 0.4) is 0 Å². The van der Waals surface area contributed by atoms with Crippen LogP contribution in [0.5, 0.6) is 0 Å². The number of allylic oxidation sites excluding steroid dienone is 1. The van der Waals surface area contributed by atoms with E-state index in [4.69, 9.17) is 4.42 Å². The summed E-state index contributed by atoms with van der Waals surface area (Å²) in [6, 6.07) is 19.2. The Morgan fingerprint density at radius 1 is 1.19 bits per heavy atom. The maximum Gasteiger partial charge on any atom is 0.345 e. The van der Waals surface area contributed by atoms with Crippen molar-refractivity contribution in [3.8, 4) is 17.3 Å². The van der Waals surface area contributed by atoms with Gasteiger partial charge in [0.05, 0.1) is 16.8 Å². The van der Waals surface area contributed by atoms with Crippen molar-refractivity contribution in [3.63, 3.8) is 0 Å². The Kier molecular flexibility index (Phi) is 4.41. The second kappa shape index (κ2) is 7.02. The molecule has 0 N–H and O–H groups in total. The predicted octanol–water partition coefficient (Wildman–Crippen LogP) is 5.29. The molecule has 0 aliphatic carbocycles. The van der Waals surface area contributed by atoms with Gasteiger partial charge in [-0.05, 0) is 30.7 Å². The molecule has 0 saturated carbocycles. The number of fused-ring (bicyclic) bond motifs is 1. The maximum atomic E-state index is 12.3. The van der Waals surface area contributed by atoms with Crippen LogP contribution in [-0.4, -0.2) is 4.98 Å². The number of nitriles is 1. The third-order valence-corrected chi connectivity index (χ3v) is 5.04. The van der Waals surface area contributed by atoms with Crippen LogP contribution in [0, 0.1) is 18.3 Å². The summed E-state index contributed by atoms with van der Waals surface area (Å²) < 4.78 is 5.38. The third kappa shape index (κ3) is 3.43. The number of aryl methyl sites for hydroxylation is 1. The van der Waals surface area contributed by atoms with Crippen LogP contribution in [0.25, 0.3) is 33.9 Å². The average molecular weight is 370 g/mol. The third-order valence-electron chi connectivity index (χ3n) is 4.16. The van der Waals surface area contributed by atoms with Gasteiger partial charge in [0, 0.05) is 10.8 Å². The number of para-hydroxylation sites is 1. The van der Waals surface area contributed by atoms with Crippen molar-refractivity contribution in [3.05, 3.63) is 86.5 Å². The zero-order valence-corrected chi connectivity index (χ0v) is 15.3. The van der Waals surface area contributed by atoms with Gasteiger partial charge in [0.2, 0.25) is 0 Å². The molecule has 0 saturated heterocycles.